The molecule has 11 nitrogen and oxygen atoms in total. The summed E-state index contributed by atoms with van der Waals surface area (Å²) in [6.07, 6.45) is 6.63. The molecule has 2 aliphatic carbocycles. The first-order valence-electron chi connectivity index (χ1n) is 11.7. The second-order valence-electron chi connectivity index (χ2n) is 9.03. The lowest BCUT2D eigenvalue weighted by Crippen LogP contribution is -2.29. The van der Waals surface area contributed by atoms with Crippen LogP contribution in [-0.4, -0.2) is 52.1 Å². The summed E-state index contributed by atoms with van der Waals surface area (Å²) >= 11 is 0. The highest BCUT2D eigenvalue weighted by atomic mass is 16.5. The molecule has 3 aromatic heterocycles. The number of carboxylic acid groups (broad SMARTS) is 1. The maximum absolute atomic E-state index is 11.3. The number of aryl methyl sites for hydroxylation is 2. The van der Waals surface area contributed by atoms with Crippen LogP contribution < -0.4 is 10.1 Å². The Labute approximate surface area is 197 Å². The van der Waals surface area contributed by atoms with Crippen molar-refractivity contribution < 1.29 is 14.6 Å². The van der Waals surface area contributed by atoms with E-state index in [9.17, 15) is 9.90 Å². The molecule has 0 spiro atoms. The highest BCUT2D eigenvalue weighted by molar-refractivity contribution is 5.70. The summed E-state index contributed by atoms with van der Waals surface area (Å²) in [6, 6.07) is 3.74. The minimum atomic E-state index is -0.747. The lowest BCUT2D eigenvalue weighted by molar-refractivity contribution is -0.143. The second kappa shape index (κ2) is 9.32. The fourth-order valence-electron chi connectivity index (χ4n) is 4.33. The van der Waals surface area contributed by atoms with Gasteiger partial charge in [0.25, 0.3) is 0 Å². The van der Waals surface area contributed by atoms with Crippen LogP contribution in [0.2, 0.25) is 0 Å². The van der Waals surface area contributed by atoms with E-state index < -0.39 is 5.97 Å². The fraction of sp³-hybridized carbons (Fsp3) is 0.522. The van der Waals surface area contributed by atoms with Crippen molar-refractivity contribution in [2.75, 3.05) is 5.32 Å². The van der Waals surface area contributed by atoms with Crippen molar-refractivity contribution >= 4 is 11.9 Å². The SMILES string of the molecule is Cc1nc(-c2nnn(C)c2CNc2ncnc(C3CC3)n2)ccc1OC1CCC[C@H](C(=O)O)C1. The maximum atomic E-state index is 11.3. The Bertz CT molecular complexity index is 1190. The maximum Gasteiger partial charge on any atom is 0.306 e. The second-order valence-corrected chi connectivity index (χ2v) is 9.03. The molecule has 2 saturated carbocycles. The Morgan fingerprint density at radius 3 is 2.82 bits per heavy atom. The summed E-state index contributed by atoms with van der Waals surface area (Å²) in [4.78, 5) is 29.1. The lowest BCUT2D eigenvalue weighted by Gasteiger charge is -2.27. The summed E-state index contributed by atoms with van der Waals surface area (Å²) in [6.45, 7) is 2.32. The zero-order valence-electron chi connectivity index (χ0n) is 19.3. The monoisotopic (exact) mass is 464 g/mol. The van der Waals surface area contributed by atoms with Crippen molar-refractivity contribution in [3.63, 3.8) is 0 Å². The fourth-order valence-corrected chi connectivity index (χ4v) is 4.33. The van der Waals surface area contributed by atoms with Crippen LogP contribution in [0.15, 0.2) is 18.5 Å². The number of carboxylic acids is 1. The molecule has 3 aromatic rings. The highest BCUT2D eigenvalue weighted by Crippen LogP contribution is 2.38. The summed E-state index contributed by atoms with van der Waals surface area (Å²) in [5.41, 5.74) is 2.94. The number of carbonyl (C=O) groups is 1. The van der Waals surface area contributed by atoms with Gasteiger partial charge < -0.3 is 15.2 Å². The van der Waals surface area contributed by atoms with Crippen LogP contribution in [0.5, 0.6) is 5.75 Å². The number of hydrogen-bond acceptors (Lipinski definition) is 9. The minimum Gasteiger partial charge on any atom is -0.489 e. The zero-order chi connectivity index (χ0) is 23.7. The van der Waals surface area contributed by atoms with E-state index in [2.05, 4.69) is 30.6 Å². The average molecular weight is 465 g/mol. The molecular weight excluding hydrogens is 436 g/mol. The minimum absolute atomic E-state index is 0.113. The molecule has 2 fully saturated rings. The molecule has 2 N–H and O–H groups in total. The normalized spacial score (nSPS) is 20.2. The number of nitrogens with one attached hydrogen (secondary N) is 1. The summed E-state index contributed by atoms with van der Waals surface area (Å²) < 4.78 is 7.84. The molecular formula is C23H28N8O3. The Morgan fingerprint density at radius 1 is 1.21 bits per heavy atom. The molecule has 1 unspecified atom stereocenters. The topological polar surface area (TPSA) is 141 Å². The van der Waals surface area contributed by atoms with Gasteiger partial charge in [0.15, 0.2) is 0 Å². The summed E-state index contributed by atoms with van der Waals surface area (Å²) in [5.74, 6) is 1.40. The smallest absolute Gasteiger partial charge is 0.306 e. The predicted molar refractivity (Wildman–Crippen MR) is 122 cm³/mol. The van der Waals surface area contributed by atoms with Gasteiger partial charge in [-0.3, -0.25) is 4.79 Å². The number of rotatable bonds is 8. The first-order valence-corrected chi connectivity index (χ1v) is 11.7. The molecule has 0 amide bonds. The van der Waals surface area contributed by atoms with E-state index in [0.717, 1.165) is 42.9 Å². The zero-order valence-corrected chi connectivity index (χ0v) is 19.3. The van der Waals surface area contributed by atoms with E-state index in [-0.39, 0.29) is 12.0 Å². The van der Waals surface area contributed by atoms with Gasteiger partial charge in [-0.1, -0.05) is 5.21 Å². The van der Waals surface area contributed by atoms with Crippen LogP contribution in [0.4, 0.5) is 5.95 Å². The standard InChI is InChI=1S/C23H28N8O3/c1-13-19(34-16-5-3-4-15(10-16)22(32)33)9-8-17(27-13)20-18(31(2)30-29-20)11-24-23-26-12-25-21(28-23)14-6-7-14/h8-9,12,14-16H,3-7,10-11H2,1-2H3,(H,32,33)(H,24,25,26,28)/t15-,16?/m0/s1. The van der Waals surface area contributed by atoms with E-state index in [4.69, 9.17) is 9.72 Å². The van der Waals surface area contributed by atoms with Gasteiger partial charge in [-0.25, -0.2) is 19.6 Å². The molecule has 0 saturated heterocycles. The van der Waals surface area contributed by atoms with Crippen LogP contribution in [0.1, 0.15) is 61.7 Å². The molecule has 3 heterocycles. The van der Waals surface area contributed by atoms with E-state index in [1.54, 1.807) is 11.0 Å². The van der Waals surface area contributed by atoms with Crippen molar-refractivity contribution in [3.05, 3.63) is 35.7 Å². The Kier molecular flexibility index (Phi) is 6.08. The van der Waals surface area contributed by atoms with Gasteiger partial charge in [0, 0.05) is 13.0 Å². The largest absolute Gasteiger partial charge is 0.489 e. The number of hydrogen-bond donors (Lipinski definition) is 2. The quantitative estimate of drug-likeness (QED) is 0.511. The average Bonchev–Trinajstić information content (AvgIpc) is 3.62. The number of anilines is 1. The van der Waals surface area contributed by atoms with Crippen molar-refractivity contribution in [1.29, 1.82) is 0 Å². The van der Waals surface area contributed by atoms with Crippen molar-refractivity contribution in [3.8, 4) is 17.1 Å². The van der Waals surface area contributed by atoms with E-state index in [0.29, 0.717) is 48.4 Å². The van der Waals surface area contributed by atoms with E-state index in [1.165, 1.54) is 0 Å². The summed E-state index contributed by atoms with van der Waals surface area (Å²) in [5, 5.41) is 21.1. The van der Waals surface area contributed by atoms with E-state index >= 15 is 0 Å². The first-order chi connectivity index (χ1) is 16.5. The molecule has 34 heavy (non-hydrogen) atoms. The molecule has 11 heteroatoms. The third kappa shape index (κ3) is 4.82. The van der Waals surface area contributed by atoms with Gasteiger partial charge >= 0.3 is 5.97 Å². The number of pyridine rings is 1. The van der Waals surface area contributed by atoms with Gasteiger partial charge in [0.2, 0.25) is 5.95 Å². The van der Waals surface area contributed by atoms with Crippen molar-refractivity contribution in [2.45, 2.75) is 64.0 Å². The van der Waals surface area contributed by atoms with Gasteiger partial charge in [0.1, 0.15) is 23.6 Å². The van der Waals surface area contributed by atoms with Crippen LogP contribution >= 0.6 is 0 Å². The number of nitrogens with zero attached hydrogens (tertiary/aromatic N) is 7. The van der Waals surface area contributed by atoms with Gasteiger partial charge in [0.05, 0.1) is 35.6 Å². The van der Waals surface area contributed by atoms with Crippen LogP contribution in [-0.2, 0) is 18.4 Å². The Hall–Kier alpha value is -3.63. The molecule has 0 radical (unpaired) electrons. The van der Waals surface area contributed by atoms with Crippen LogP contribution in [0.3, 0.4) is 0 Å². The van der Waals surface area contributed by atoms with E-state index in [1.807, 2.05) is 26.1 Å². The van der Waals surface area contributed by atoms with Crippen LogP contribution in [0.25, 0.3) is 11.4 Å². The number of ether oxygens (including phenoxy) is 1. The van der Waals surface area contributed by atoms with Crippen LogP contribution in [0, 0.1) is 12.8 Å². The molecule has 2 atom stereocenters. The molecule has 178 valence electrons. The highest BCUT2D eigenvalue weighted by Gasteiger charge is 2.29. The lowest BCUT2D eigenvalue weighted by atomic mass is 9.87. The van der Waals surface area contributed by atoms with Gasteiger partial charge in [-0.05, 0) is 57.6 Å². The molecule has 5 rings (SSSR count). The molecule has 0 aliphatic heterocycles. The third-order valence-electron chi connectivity index (χ3n) is 6.44. The first kappa shape index (κ1) is 22.2. The molecule has 0 aromatic carbocycles. The Balaban J connectivity index is 1.29. The van der Waals surface area contributed by atoms with Crippen molar-refractivity contribution in [2.24, 2.45) is 13.0 Å². The summed E-state index contributed by atoms with van der Waals surface area (Å²) in [7, 11) is 1.84. The van der Waals surface area contributed by atoms with Gasteiger partial charge in [-0.15, -0.1) is 5.10 Å². The number of aliphatic carboxylic acids is 1. The van der Waals surface area contributed by atoms with Gasteiger partial charge in [-0.2, -0.15) is 4.98 Å². The Morgan fingerprint density at radius 2 is 2.06 bits per heavy atom. The predicted octanol–water partition coefficient (Wildman–Crippen LogP) is 2.88. The molecule has 0 bridgehead atoms. The third-order valence-corrected chi connectivity index (χ3v) is 6.44. The number of aromatic nitrogens is 7. The molecule has 2 aliphatic rings. The van der Waals surface area contributed by atoms with Crippen molar-refractivity contribution in [1.82, 2.24) is 34.9 Å².